The Morgan fingerprint density at radius 1 is 1.17 bits per heavy atom. The van der Waals surface area contributed by atoms with Crippen molar-refractivity contribution in [2.24, 2.45) is 0 Å². The molecule has 1 amide bonds. The summed E-state index contributed by atoms with van der Waals surface area (Å²) in [5.41, 5.74) is 0.166. The number of hydrogen-bond acceptors (Lipinski definition) is 5. The number of carbonyl (C=O) groups excluding carboxylic acids is 1. The zero-order chi connectivity index (χ0) is 17.0. The summed E-state index contributed by atoms with van der Waals surface area (Å²) in [4.78, 5) is 14.2. The molecule has 1 N–H and O–H groups in total. The highest BCUT2D eigenvalue weighted by atomic mass is 32.1. The Balaban J connectivity index is 1.87. The first kappa shape index (κ1) is 16.8. The smallest absolute Gasteiger partial charge is 0.236 e. The van der Waals surface area contributed by atoms with Gasteiger partial charge in [0.15, 0.2) is 11.5 Å². The number of rotatable bonds is 5. The number of carbonyl (C=O) groups is 1. The lowest BCUT2D eigenvalue weighted by Crippen LogP contribution is -2.44. The fraction of sp³-hybridized carbons (Fsp3) is 0.389. The Bertz CT molecular complexity index is 693. The van der Waals surface area contributed by atoms with Crippen LogP contribution in [0.2, 0.25) is 0 Å². The predicted molar refractivity (Wildman–Crippen MR) is 94.2 cm³/mol. The third-order valence-electron chi connectivity index (χ3n) is 4.42. The highest BCUT2D eigenvalue weighted by Gasteiger charge is 2.42. The van der Waals surface area contributed by atoms with Crippen LogP contribution in [0.15, 0.2) is 35.7 Å². The zero-order valence-electron chi connectivity index (χ0n) is 13.8. The molecular weight excluding hydrogens is 326 g/mol. The van der Waals surface area contributed by atoms with Crippen molar-refractivity contribution in [3.8, 4) is 11.5 Å². The van der Waals surface area contributed by atoms with Crippen molar-refractivity contribution in [1.29, 1.82) is 0 Å². The molecule has 1 saturated heterocycles. The Morgan fingerprint density at radius 2 is 1.92 bits per heavy atom. The third kappa shape index (κ3) is 3.12. The van der Waals surface area contributed by atoms with Crippen LogP contribution in [0.4, 0.5) is 5.69 Å². The van der Waals surface area contributed by atoms with Gasteiger partial charge in [-0.25, -0.2) is 0 Å². The van der Waals surface area contributed by atoms with Crippen LogP contribution in [0.25, 0.3) is 0 Å². The minimum absolute atomic E-state index is 0.000435. The van der Waals surface area contributed by atoms with Gasteiger partial charge in [0.2, 0.25) is 5.91 Å². The first-order chi connectivity index (χ1) is 11.7. The molecule has 1 aromatic carbocycles. The molecule has 1 aromatic heterocycles. The second-order valence-electron chi connectivity index (χ2n) is 5.70. The topological polar surface area (TPSA) is 56.8 Å². The van der Waals surface area contributed by atoms with Gasteiger partial charge in [-0.15, -0.1) is 11.3 Å². The van der Waals surface area contributed by atoms with Gasteiger partial charge < -0.3 is 19.5 Å². The zero-order valence-corrected chi connectivity index (χ0v) is 14.7. The molecular formula is C18H21NO4S. The van der Waals surface area contributed by atoms with E-state index in [1.165, 1.54) is 0 Å². The number of ether oxygens (including phenoxy) is 3. The fourth-order valence-electron chi connectivity index (χ4n) is 3.02. The molecule has 5 nitrogen and oxygen atoms in total. The molecule has 0 unspecified atom stereocenters. The summed E-state index contributed by atoms with van der Waals surface area (Å²) in [5.74, 6) is 1.22. The van der Waals surface area contributed by atoms with E-state index in [-0.39, 0.29) is 5.91 Å². The minimum atomic E-state index is -0.528. The molecule has 1 fully saturated rings. The summed E-state index contributed by atoms with van der Waals surface area (Å²) in [7, 11) is 3.17. The summed E-state index contributed by atoms with van der Waals surface area (Å²) in [5, 5.41) is 5.05. The van der Waals surface area contributed by atoms with Gasteiger partial charge in [-0.3, -0.25) is 4.79 Å². The average molecular weight is 347 g/mol. The van der Waals surface area contributed by atoms with Crippen LogP contribution in [-0.4, -0.2) is 33.3 Å². The van der Waals surface area contributed by atoms with E-state index in [4.69, 9.17) is 14.2 Å². The van der Waals surface area contributed by atoms with Crippen LogP contribution in [0.3, 0.4) is 0 Å². The lowest BCUT2D eigenvalue weighted by Gasteiger charge is -2.35. The van der Waals surface area contributed by atoms with Gasteiger partial charge in [-0.05, 0) is 36.4 Å². The first-order valence-electron chi connectivity index (χ1n) is 7.85. The van der Waals surface area contributed by atoms with E-state index < -0.39 is 5.41 Å². The summed E-state index contributed by atoms with van der Waals surface area (Å²) in [6.07, 6.45) is 1.37. The largest absolute Gasteiger partial charge is 0.493 e. The first-order valence-corrected chi connectivity index (χ1v) is 8.73. The summed E-state index contributed by atoms with van der Waals surface area (Å²) in [6.45, 7) is 1.19. The van der Waals surface area contributed by atoms with Crippen molar-refractivity contribution >= 4 is 22.9 Å². The molecule has 24 heavy (non-hydrogen) atoms. The quantitative estimate of drug-likeness (QED) is 0.900. The highest BCUT2D eigenvalue weighted by molar-refractivity contribution is 7.10. The highest BCUT2D eigenvalue weighted by Crippen LogP contribution is 2.39. The van der Waals surface area contributed by atoms with Gasteiger partial charge in [-0.2, -0.15) is 0 Å². The van der Waals surface area contributed by atoms with Crippen molar-refractivity contribution < 1.29 is 19.0 Å². The number of nitrogens with one attached hydrogen (secondary N) is 1. The molecule has 0 aliphatic carbocycles. The molecule has 6 heteroatoms. The molecule has 128 valence electrons. The molecule has 0 atom stereocenters. The van der Waals surface area contributed by atoms with Gasteiger partial charge in [0.05, 0.1) is 19.6 Å². The van der Waals surface area contributed by atoms with Crippen molar-refractivity contribution in [3.63, 3.8) is 0 Å². The SMILES string of the molecule is COc1ccc(NC(=O)C2(c3cccs3)CCOCC2)cc1OC. The van der Waals surface area contributed by atoms with Gasteiger partial charge >= 0.3 is 0 Å². The Kier molecular flexibility index (Phi) is 5.06. The standard InChI is InChI=1S/C18H21NO4S/c1-21-14-6-5-13(12-15(14)22-2)19-17(20)18(7-9-23-10-8-18)16-4-3-11-24-16/h3-6,11-12H,7-10H2,1-2H3,(H,19,20). The maximum Gasteiger partial charge on any atom is 0.236 e. The van der Waals surface area contributed by atoms with Crippen LogP contribution >= 0.6 is 11.3 Å². The second kappa shape index (κ2) is 7.23. The average Bonchev–Trinajstić information content (AvgIpc) is 3.17. The minimum Gasteiger partial charge on any atom is -0.493 e. The fourth-order valence-corrected chi connectivity index (χ4v) is 4.00. The van der Waals surface area contributed by atoms with Crippen LogP contribution in [0.5, 0.6) is 11.5 Å². The third-order valence-corrected chi connectivity index (χ3v) is 5.49. The van der Waals surface area contributed by atoms with Gasteiger partial charge in [0.25, 0.3) is 0 Å². The number of anilines is 1. The van der Waals surface area contributed by atoms with Gasteiger partial charge in [0, 0.05) is 29.8 Å². The van der Waals surface area contributed by atoms with E-state index >= 15 is 0 Å². The Labute approximate surface area is 145 Å². The molecule has 0 saturated carbocycles. The number of methoxy groups -OCH3 is 2. The molecule has 0 radical (unpaired) electrons. The number of hydrogen-bond donors (Lipinski definition) is 1. The molecule has 2 aromatic rings. The molecule has 3 rings (SSSR count). The van der Waals surface area contributed by atoms with E-state index in [1.807, 2.05) is 23.6 Å². The Hall–Kier alpha value is -2.05. The molecule has 2 heterocycles. The number of benzene rings is 1. The van der Waals surface area contributed by atoms with Crippen molar-refractivity contribution in [2.45, 2.75) is 18.3 Å². The molecule has 1 aliphatic rings. The van der Waals surface area contributed by atoms with E-state index in [9.17, 15) is 4.79 Å². The summed E-state index contributed by atoms with van der Waals surface area (Å²) < 4.78 is 16.0. The normalized spacial score (nSPS) is 16.4. The van der Waals surface area contributed by atoms with E-state index in [0.717, 1.165) is 4.88 Å². The maximum atomic E-state index is 13.1. The van der Waals surface area contributed by atoms with Crippen molar-refractivity contribution in [1.82, 2.24) is 0 Å². The maximum absolute atomic E-state index is 13.1. The van der Waals surface area contributed by atoms with Crippen LogP contribution < -0.4 is 14.8 Å². The monoisotopic (exact) mass is 347 g/mol. The van der Waals surface area contributed by atoms with E-state index in [2.05, 4.69) is 5.32 Å². The lowest BCUT2D eigenvalue weighted by molar-refractivity contribution is -0.125. The number of thiophene rings is 1. The Morgan fingerprint density at radius 3 is 2.54 bits per heavy atom. The molecule has 1 aliphatic heterocycles. The van der Waals surface area contributed by atoms with Crippen molar-refractivity contribution in [3.05, 3.63) is 40.6 Å². The molecule has 0 bridgehead atoms. The van der Waals surface area contributed by atoms with E-state index in [0.29, 0.717) is 43.2 Å². The lowest BCUT2D eigenvalue weighted by atomic mass is 9.78. The van der Waals surface area contributed by atoms with Crippen LogP contribution in [0.1, 0.15) is 17.7 Å². The number of amides is 1. The van der Waals surface area contributed by atoms with Crippen LogP contribution in [-0.2, 0) is 14.9 Å². The predicted octanol–water partition coefficient (Wildman–Crippen LogP) is 3.45. The summed E-state index contributed by atoms with van der Waals surface area (Å²) >= 11 is 1.62. The van der Waals surface area contributed by atoms with E-state index in [1.54, 1.807) is 37.7 Å². The second-order valence-corrected chi connectivity index (χ2v) is 6.64. The van der Waals surface area contributed by atoms with Gasteiger partial charge in [0.1, 0.15) is 0 Å². The molecule has 0 spiro atoms. The van der Waals surface area contributed by atoms with Crippen LogP contribution in [0, 0.1) is 0 Å². The summed E-state index contributed by atoms with van der Waals surface area (Å²) in [6, 6.07) is 9.40. The van der Waals surface area contributed by atoms with Crippen molar-refractivity contribution in [2.75, 3.05) is 32.8 Å². The van der Waals surface area contributed by atoms with Gasteiger partial charge in [-0.1, -0.05) is 6.07 Å².